The van der Waals surface area contributed by atoms with Gasteiger partial charge in [0.1, 0.15) is 11.8 Å². The van der Waals surface area contributed by atoms with Crippen LogP contribution in [0.2, 0.25) is 0 Å². The minimum absolute atomic E-state index is 0.00170. The fourth-order valence-corrected chi connectivity index (χ4v) is 3.48. The maximum Gasteiger partial charge on any atom is 0.305 e. The first-order valence-corrected chi connectivity index (χ1v) is 8.85. The largest absolute Gasteiger partial charge is 0.465 e. The number of nitrogen functional groups attached to an aromatic ring is 1. The number of imidazole rings is 1. The zero-order chi connectivity index (χ0) is 18.7. The highest BCUT2D eigenvalue weighted by atomic mass is 16.5. The van der Waals surface area contributed by atoms with Gasteiger partial charge in [0.15, 0.2) is 11.5 Å². The van der Waals surface area contributed by atoms with Crippen LogP contribution in [0.15, 0.2) is 12.7 Å². The van der Waals surface area contributed by atoms with Crippen LogP contribution < -0.4 is 5.73 Å². The average molecular weight is 362 g/mol. The molecule has 3 unspecified atom stereocenters. The zero-order valence-electron chi connectivity index (χ0n) is 15.2. The Morgan fingerprint density at radius 3 is 2.96 bits per heavy atom. The lowest BCUT2D eigenvalue weighted by molar-refractivity contribution is -0.148. The monoisotopic (exact) mass is 362 g/mol. The number of aromatic nitrogens is 4. The number of hydrogen-bond acceptors (Lipinski definition) is 8. The second-order valence-electron chi connectivity index (χ2n) is 7.08. The Kier molecular flexibility index (Phi) is 5.67. The summed E-state index contributed by atoms with van der Waals surface area (Å²) in [6.07, 6.45) is 5.10. The number of fused-ring (bicyclic) bond motifs is 1. The minimum atomic E-state index is -0.180. The van der Waals surface area contributed by atoms with Crippen molar-refractivity contribution in [3.8, 4) is 0 Å². The standard InChI is InChI=1S/C17H26N6O3/c1-22(2)5-3-4-14(25)26-8-11-6-13(12(11)7-24)23-10-21-15-16(18)19-9-20-17(15)23/h9-13,24H,3-8H2,1-2H3,(H2,18,19,20). The lowest BCUT2D eigenvalue weighted by Crippen LogP contribution is -2.43. The molecule has 0 radical (unpaired) electrons. The lowest BCUT2D eigenvalue weighted by atomic mass is 9.70. The summed E-state index contributed by atoms with van der Waals surface area (Å²) >= 11 is 0. The van der Waals surface area contributed by atoms with Crippen molar-refractivity contribution in [2.75, 3.05) is 39.6 Å². The zero-order valence-corrected chi connectivity index (χ0v) is 15.2. The normalized spacial score (nSPS) is 22.5. The van der Waals surface area contributed by atoms with Gasteiger partial charge in [0, 0.05) is 30.9 Å². The van der Waals surface area contributed by atoms with Gasteiger partial charge >= 0.3 is 5.97 Å². The van der Waals surface area contributed by atoms with Crippen LogP contribution in [-0.4, -0.2) is 69.3 Å². The molecule has 1 aliphatic rings. The lowest BCUT2D eigenvalue weighted by Gasteiger charge is -2.44. The Labute approximate surface area is 152 Å². The Bertz CT molecular complexity index is 762. The summed E-state index contributed by atoms with van der Waals surface area (Å²) in [6, 6.07) is 0.0664. The first-order valence-electron chi connectivity index (χ1n) is 8.85. The number of carbonyl (C=O) groups is 1. The van der Waals surface area contributed by atoms with Crippen molar-refractivity contribution in [2.45, 2.75) is 25.3 Å². The molecule has 9 nitrogen and oxygen atoms in total. The van der Waals surface area contributed by atoms with Crippen molar-refractivity contribution in [3.05, 3.63) is 12.7 Å². The highest BCUT2D eigenvalue weighted by Crippen LogP contribution is 2.45. The second-order valence-corrected chi connectivity index (χ2v) is 7.08. The SMILES string of the molecule is CN(C)CCCC(=O)OCC1CC(n2cnc3c(N)ncnc32)C1CO. The van der Waals surface area contributed by atoms with E-state index >= 15 is 0 Å². The number of anilines is 1. The van der Waals surface area contributed by atoms with Gasteiger partial charge in [-0.2, -0.15) is 0 Å². The van der Waals surface area contributed by atoms with Crippen molar-refractivity contribution < 1.29 is 14.6 Å². The fourth-order valence-electron chi connectivity index (χ4n) is 3.48. The van der Waals surface area contributed by atoms with Crippen molar-refractivity contribution in [3.63, 3.8) is 0 Å². The summed E-state index contributed by atoms with van der Waals surface area (Å²) in [5.41, 5.74) is 7.06. The fraction of sp³-hybridized carbons (Fsp3) is 0.647. The molecule has 0 aromatic carbocycles. The van der Waals surface area contributed by atoms with E-state index in [1.165, 1.54) is 6.33 Å². The Balaban J connectivity index is 1.55. The van der Waals surface area contributed by atoms with Gasteiger partial charge in [0.2, 0.25) is 0 Å². The highest BCUT2D eigenvalue weighted by molar-refractivity contribution is 5.81. The molecule has 1 fully saturated rings. The van der Waals surface area contributed by atoms with E-state index in [1.807, 2.05) is 23.6 Å². The number of ether oxygens (including phenoxy) is 1. The molecule has 1 saturated carbocycles. The third kappa shape index (κ3) is 3.78. The van der Waals surface area contributed by atoms with Gasteiger partial charge in [-0.05, 0) is 33.5 Å². The number of rotatable bonds is 8. The van der Waals surface area contributed by atoms with E-state index < -0.39 is 0 Å². The number of hydrogen-bond donors (Lipinski definition) is 2. The number of nitrogens with zero attached hydrogens (tertiary/aromatic N) is 5. The number of aliphatic hydroxyl groups is 1. The van der Waals surface area contributed by atoms with Gasteiger partial charge in [-0.3, -0.25) is 4.79 Å². The topological polar surface area (TPSA) is 119 Å². The molecule has 142 valence electrons. The molecular formula is C17H26N6O3. The van der Waals surface area contributed by atoms with E-state index in [4.69, 9.17) is 10.5 Å². The molecule has 0 spiro atoms. The predicted octanol–water partition coefficient (Wildman–Crippen LogP) is 0.463. The smallest absolute Gasteiger partial charge is 0.305 e. The molecule has 2 heterocycles. The van der Waals surface area contributed by atoms with Gasteiger partial charge < -0.3 is 25.0 Å². The summed E-state index contributed by atoms with van der Waals surface area (Å²) < 4.78 is 7.33. The van der Waals surface area contributed by atoms with Crippen molar-refractivity contribution in [1.82, 2.24) is 24.4 Å². The third-order valence-electron chi connectivity index (χ3n) is 5.04. The number of esters is 1. The molecular weight excluding hydrogens is 336 g/mol. The van der Waals surface area contributed by atoms with Crippen molar-refractivity contribution in [2.24, 2.45) is 11.8 Å². The van der Waals surface area contributed by atoms with E-state index in [-0.39, 0.29) is 30.5 Å². The van der Waals surface area contributed by atoms with E-state index in [0.717, 1.165) is 19.4 Å². The molecule has 26 heavy (non-hydrogen) atoms. The van der Waals surface area contributed by atoms with Gasteiger partial charge in [-0.15, -0.1) is 0 Å². The van der Waals surface area contributed by atoms with Gasteiger partial charge in [0.05, 0.1) is 12.9 Å². The minimum Gasteiger partial charge on any atom is -0.465 e. The molecule has 3 N–H and O–H groups in total. The Morgan fingerprint density at radius 2 is 2.23 bits per heavy atom. The molecule has 3 atom stereocenters. The molecule has 0 amide bonds. The van der Waals surface area contributed by atoms with E-state index in [2.05, 4.69) is 15.0 Å². The average Bonchev–Trinajstić information content (AvgIpc) is 2.99. The number of carbonyl (C=O) groups excluding carboxylic acids is 1. The number of nitrogens with two attached hydrogens (primary N) is 1. The predicted molar refractivity (Wildman–Crippen MR) is 96.2 cm³/mol. The quantitative estimate of drug-likeness (QED) is 0.650. The van der Waals surface area contributed by atoms with E-state index in [1.54, 1.807) is 6.33 Å². The summed E-state index contributed by atoms with van der Waals surface area (Å²) in [5.74, 6) is 0.301. The molecule has 2 aromatic rings. The molecule has 0 aliphatic heterocycles. The Morgan fingerprint density at radius 1 is 1.42 bits per heavy atom. The second kappa shape index (κ2) is 7.96. The maximum absolute atomic E-state index is 11.8. The third-order valence-corrected chi connectivity index (χ3v) is 5.04. The molecule has 0 bridgehead atoms. The van der Waals surface area contributed by atoms with Crippen LogP contribution in [-0.2, 0) is 9.53 Å². The maximum atomic E-state index is 11.8. The van der Waals surface area contributed by atoms with Gasteiger partial charge in [-0.25, -0.2) is 15.0 Å². The molecule has 2 aromatic heterocycles. The van der Waals surface area contributed by atoms with Crippen LogP contribution in [0.4, 0.5) is 5.82 Å². The van der Waals surface area contributed by atoms with Crippen LogP contribution in [0.25, 0.3) is 11.2 Å². The van der Waals surface area contributed by atoms with Crippen molar-refractivity contribution in [1.29, 1.82) is 0 Å². The Hall–Kier alpha value is -2.26. The molecule has 9 heteroatoms. The van der Waals surface area contributed by atoms with E-state index in [0.29, 0.717) is 30.0 Å². The highest BCUT2D eigenvalue weighted by Gasteiger charge is 2.43. The van der Waals surface area contributed by atoms with Crippen LogP contribution in [0, 0.1) is 11.8 Å². The van der Waals surface area contributed by atoms with Gasteiger partial charge in [0.25, 0.3) is 0 Å². The summed E-state index contributed by atoms with van der Waals surface area (Å²) in [6.45, 7) is 1.22. The molecule has 1 aliphatic carbocycles. The van der Waals surface area contributed by atoms with Crippen molar-refractivity contribution >= 4 is 23.0 Å². The summed E-state index contributed by atoms with van der Waals surface area (Å²) in [4.78, 5) is 26.4. The van der Waals surface area contributed by atoms with Crippen LogP contribution in [0.1, 0.15) is 25.3 Å². The van der Waals surface area contributed by atoms with Crippen LogP contribution in [0.3, 0.4) is 0 Å². The van der Waals surface area contributed by atoms with Crippen LogP contribution in [0.5, 0.6) is 0 Å². The summed E-state index contributed by atoms with van der Waals surface area (Å²) in [7, 11) is 3.95. The number of aliphatic hydroxyl groups excluding tert-OH is 1. The molecule has 0 saturated heterocycles. The van der Waals surface area contributed by atoms with E-state index in [9.17, 15) is 9.90 Å². The molecule has 3 rings (SSSR count). The first kappa shape index (κ1) is 18.5. The van der Waals surface area contributed by atoms with Gasteiger partial charge in [-0.1, -0.05) is 0 Å². The van der Waals surface area contributed by atoms with Crippen LogP contribution >= 0.6 is 0 Å². The summed E-state index contributed by atoms with van der Waals surface area (Å²) in [5, 5.41) is 9.78. The first-order chi connectivity index (χ1) is 12.5.